The third kappa shape index (κ3) is 4.63. The molecule has 2 rings (SSSR count). The van der Waals surface area contributed by atoms with E-state index < -0.39 is 10.0 Å². The number of nitrogens with zero attached hydrogens (tertiary/aromatic N) is 1. The van der Waals surface area contributed by atoms with Gasteiger partial charge < -0.3 is 0 Å². The van der Waals surface area contributed by atoms with Gasteiger partial charge in [-0.1, -0.05) is 26.8 Å². The van der Waals surface area contributed by atoms with Crippen LogP contribution in [0.25, 0.3) is 0 Å². The number of thiophene rings is 1. The first-order valence-electron chi connectivity index (χ1n) is 7.16. The fraction of sp³-hybridized carbons (Fsp3) is 0.438. The Balaban J connectivity index is 2.30. The highest BCUT2D eigenvalue weighted by molar-refractivity contribution is 7.91. The van der Waals surface area contributed by atoms with Crippen LogP contribution in [0.15, 0.2) is 40.9 Å². The van der Waals surface area contributed by atoms with Crippen molar-refractivity contribution < 1.29 is 8.42 Å². The van der Waals surface area contributed by atoms with E-state index in [2.05, 4.69) is 30.5 Å². The molecule has 1 N–H and O–H groups in total. The number of aromatic nitrogens is 1. The largest absolute Gasteiger partial charge is 0.264 e. The van der Waals surface area contributed by atoms with E-state index in [1.54, 1.807) is 18.5 Å². The minimum Gasteiger partial charge on any atom is -0.264 e. The molecule has 2 aromatic heterocycles. The molecule has 0 saturated heterocycles. The maximum atomic E-state index is 12.6. The molecule has 1 atom stereocenters. The molecular weight excluding hydrogens is 316 g/mol. The van der Waals surface area contributed by atoms with E-state index in [0.29, 0.717) is 10.6 Å². The van der Waals surface area contributed by atoms with Gasteiger partial charge in [-0.05, 0) is 42.5 Å². The Morgan fingerprint density at radius 2 is 2.00 bits per heavy atom. The summed E-state index contributed by atoms with van der Waals surface area (Å²) < 4.78 is 28.4. The molecule has 2 heterocycles. The van der Waals surface area contributed by atoms with Crippen LogP contribution in [0, 0.1) is 12.3 Å². The lowest BCUT2D eigenvalue weighted by Crippen LogP contribution is -2.31. The normalized spacial score (nSPS) is 14.0. The van der Waals surface area contributed by atoms with Gasteiger partial charge in [0, 0.05) is 23.3 Å². The van der Waals surface area contributed by atoms with Crippen LogP contribution in [-0.2, 0) is 10.0 Å². The van der Waals surface area contributed by atoms with Gasteiger partial charge in [0.05, 0.1) is 0 Å². The standard InChI is InChI=1S/C16H22N2O2S2/c1-12-7-8-15(21-12)22(19,20)18-14(10-16(2,3)4)13-6-5-9-17-11-13/h5-9,11,14,18H,10H2,1-4H3. The molecule has 6 heteroatoms. The molecule has 4 nitrogen and oxygen atoms in total. The Bertz CT molecular complexity index is 716. The predicted octanol–water partition coefficient (Wildman–Crippen LogP) is 3.91. The Labute approximate surface area is 136 Å². The molecule has 0 saturated carbocycles. The quantitative estimate of drug-likeness (QED) is 0.899. The SMILES string of the molecule is Cc1ccc(S(=O)(=O)NC(CC(C)(C)C)c2cccnc2)s1. The molecule has 0 aliphatic heterocycles. The van der Waals surface area contributed by atoms with Crippen molar-refractivity contribution in [3.63, 3.8) is 0 Å². The summed E-state index contributed by atoms with van der Waals surface area (Å²) in [6.07, 6.45) is 4.11. The Morgan fingerprint density at radius 1 is 1.27 bits per heavy atom. The van der Waals surface area contributed by atoms with Crippen molar-refractivity contribution in [1.29, 1.82) is 0 Å². The lowest BCUT2D eigenvalue weighted by atomic mass is 9.86. The molecule has 0 bridgehead atoms. The molecule has 22 heavy (non-hydrogen) atoms. The van der Waals surface area contributed by atoms with Gasteiger partial charge in [0.1, 0.15) is 4.21 Å². The molecule has 0 aliphatic rings. The maximum Gasteiger partial charge on any atom is 0.250 e. The first-order chi connectivity index (χ1) is 10.2. The van der Waals surface area contributed by atoms with E-state index in [9.17, 15) is 8.42 Å². The number of hydrogen-bond acceptors (Lipinski definition) is 4. The summed E-state index contributed by atoms with van der Waals surface area (Å²) in [6.45, 7) is 8.19. The van der Waals surface area contributed by atoms with Gasteiger partial charge in [-0.2, -0.15) is 0 Å². The van der Waals surface area contributed by atoms with E-state index in [0.717, 1.165) is 10.4 Å². The third-order valence-corrected chi connectivity index (χ3v) is 6.15. The van der Waals surface area contributed by atoms with Crippen molar-refractivity contribution in [2.24, 2.45) is 5.41 Å². The summed E-state index contributed by atoms with van der Waals surface area (Å²) in [5.74, 6) is 0. The molecule has 2 aromatic rings. The fourth-order valence-corrected chi connectivity index (χ4v) is 4.75. The van der Waals surface area contributed by atoms with Crippen molar-refractivity contribution in [3.05, 3.63) is 47.1 Å². The smallest absolute Gasteiger partial charge is 0.250 e. The van der Waals surface area contributed by atoms with E-state index >= 15 is 0 Å². The topological polar surface area (TPSA) is 59.1 Å². The zero-order chi connectivity index (χ0) is 16.4. The number of aryl methyl sites for hydroxylation is 1. The van der Waals surface area contributed by atoms with E-state index in [1.165, 1.54) is 11.3 Å². The van der Waals surface area contributed by atoms with Gasteiger partial charge in [-0.15, -0.1) is 11.3 Å². The van der Waals surface area contributed by atoms with E-state index in [4.69, 9.17) is 0 Å². The zero-order valence-corrected chi connectivity index (χ0v) is 15.0. The van der Waals surface area contributed by atoms with Crippen LogP contribution in [0.3, 0.4) is 0 Å². The lowest BCUT2D eigenvalue weighted by Gasteiger charge is -2.26. The lowest BCUT2D eigenvalue weighted by molar-refractivity contribution is 0.330. The highest BCUT2D eigenvalue weighted by Crippen LogP contribution is 2.31. The number of hydrogen-bond donors (Lipinski definition) is 1. The highest BCUT2D eigenvalue weighted by Gasteiger charge is 2.26. The molecule has 0 fully saturated rings. The second kappa shape index (κ2) is 6.48. The second-order valence-electron chi connectivity index (χ2n) is 6.59. The van der Waals surface area contributed by atoms with Crippen LogP contribution in [-0.4, -0.2) is 13.4 Å². The van der Waals surface area contributed by atoms with E-state index in [1.807, 2.05) is 25.1 Å². The van der Waals surface area contributed by atoms with Crippen LogP contribution in [0.1, 0.15) is 43.7 Å². The third-order valence-electron chi connectivity index (χ3n) is 3.18. The summed E-state index contributed by atoms with van der Waals surface area (Å²) in [4.78, 5) is 5.09. The van der Waals surface area contributed by atoms with Crippen molar-refractivity contribution in [2.45, 2.75) is 44.4 Å². The van der Waals surface area contributed by atoms with Gasteiger partial charge >= 0.3 is 0 Å². The van der Waals surface area contributed by atoms with Crippen LogP contribution >= 0.6 is 11.3 Å². The summed E-state index contributed by atoms with van der Waals surface area (Å²) in [6, 6.07) is 6.92. The minimum atomic E-state index is -3.52. The first kappa shape index (κ1) is 17.1. The van der Waals surface area contributed by atoms with Gasteiger partial charge in [-0.25, -0.2) is 13.1 Å². The van der Waals surface area contributed by atoms with E-state index in [-0.39, 0.29) is 11.5 Å². The molecule has 0 aliphatic carbocycles. The highest BCUT2D eigenvalue weighted by atomic mass is 32.2. The number of rotatable bonds is 5. The van der Waals surface area contributed by atoms with Gasteiger partial charge in [0.15, 0.2) is 0 Å². The van der Waals surface area contributed by atoms with Crippen LogP contribution in [0.4, 0.5) is 0 Å². The average Bonchev–Trinajstić information content (AvgIpc) is 2.85. The molecular formula is C16H22N2O2S2. The van der Waals surface area contributed by atoms with Gasteiger partial charge in [0.2, 0.25) is 0 Å². The van der Waals surface area contributed by atoms with Gasteiger partial charge in [-0.3, -0.25) is 4.98 Å². The Kier molecular flexibility index (Phi) is 5.04. The summed E-state index contributed by atoms with van der Waals surface area (Å²) >= 11 is 1.28. The Morgan fingerprint density at radius 3 is 2.50 bits per heavy atom. The van der Waals surface area contributed by atoms with Crippen molar-refractivity contribution in [2.75, 3.05) is 0 Å². The van der Waals surface area contributed by atoms with Gasteiger partial charge in [0.25, 0.3) is 10.0 Å². The van der Waals surface area contributed by atoms with Crippen molar-refractivity contribution in [3.8, 4) is 0 Å². The second-order valence-corrected chi connectivity index (χ2v) is 9.82. The Hall–Kier alpha value is -1.24. The number of pyridine rings is 1. The molecule has 0 radical (unpaired) electrons. The van der Waals surface area contributed by atoms with Crippen LogP contribution < -0.4 is 4.72 Å². The zero-order valence-electron chi connectivity index (χ0n) is 13.3. The van der Waals surface area contributed by atoms with Crippen LogP contribution in [0.5, 0.6) is 0 Å². The molecule has 0 spiro atoms. The van der Waals surface area contributed by atoms with Crippen LogP contribution in [0.2, 0.25) is 0 Å². The maximum absolute atomic E-state index is 12.6. The van der Waals surface area contributed by atoms with Crippen molar-refractivity contribution in [1.82, 2.24) is 9.71 Å². The number of nitrogens with one attached hydrogen (secondary N) is 1. The molecule has 0 aromatic carbocycles. The summed E-state index contributed by atoms with van der Waals surface area (Å²) in [5, 5.41) is 0. The number of sulfonamides is 1. The first-order valence-corrected chi connectivity index (χ1v) is 9.46. The molecule has 1 unspecified atom stereocenters. The summed E-state index contributed by atoms with van der Waals surface area (Å²) in [7, 11) is -3.52. The molecule has 0 amide bonds. The average molecular weight is 338 g/mol. The minimum absolute atomic E-state index is 0.00556. The summed E-state index contributed by atoms with van der Waals surface area (Å²) in [5.41, 5.74) is 0.878. The monoisotopic (exact) mass is 338 g/mol. The predicted molar refractivity (Wildman–Crippen MR) is 90.4 cm³/mol. The van der Waals surface area contributed by atoms with Crippen molar-refractivity contribution >= 4 is 21.4 Å². The molecule has 120 valence electrons. The fourth-order valence-electron chi connectivity index (χ4n) is 2.22.